The molecule has 0 fully saturated rings. The Labute approximate surface area is 163 Å². The Morgan fingerprint density at radius 3 is 2.64 bits per heavy atom. The lowest BCUT2D eigenvalue weighted by molar-refractivity contribution is 0.102. The first kappa shape index (κ1) is 17.9. The van der Waals surface area contributed by atoms with Crippen LogP contribution in [0.5, 0.6) is 11.5 Å². The Balaban J connectivity index is 1.51. The maximum absolute atomic E-state index is 12.7. The van der Waals surface area contributed by atoms with E-state index in [2.05, 4.69) is 29.5 Å². The van der Waals surface area contributed by atoms with Crippen LogP contribution in [-0.2, 0) is 0 Å². The number of carbonyl (C=O) groups is 1. The third-order valence-electron chi connectivity index (χ3n) is 4.48. The Morgan fingerprint density at radius 2 is 1.79 bits per heavy atom. The predicted molar refractivity (Wildman–Crippen MR) is 109 cm³/mol. The summed E-state index contributed by atoms with van der Waals surface area (Å²) in [5, 5.41) is 6.23. The maximum Gasteiger partial charge on any atom is 0.274 e. The van der Waals surface area contributed by atoms with E-state index in [-0.39, 0.29) is 12.7 Å². The van der Waals surface area contributed by atoms with Gasteiger partial charge in [-0.25, -0.2) is 0 Å². The van der Waals surface area contributed by atoms with Gasteiger partial charge in [-0.3, -0.25) is 9.78 Å². The molecule has 6 heteroatoms. The molecule has 0 saturated carbocycles. The normalized spacial score (nSPS) is 12.1. The van der Waals surface area contributed by atoms with E-state index in [1.165, 1.54) is 0 Å². The number of nitrogens with one attached hydrogen (secondary N) is 2. The topological polar surface area (TPSA) is 72.5 Å². The van der Waals surface area contributed by atoms with Gasteiger partial charge in [0.25, 0.3) is 5.91 Å². The molecule has 0 unspecified atom stereocenters. The van der Waals surface area contributed by atoms with Gasteiger partial charge < -0.3 is 20.1 Å². The van der Waals surface area contributed by atoms with Crippen LogP contribution in [0.2, 0.25) is 0 Å². The summed E-state index contributed by atoms with van der Waals surface area (Å²) in [5.41, 5.74) is 3.83. The van der Waals surface area contributed by atoms with Crippen LogP contribution < -0.4 is 20.1 Å². The number of ether oxygens (including phenoxy) is 2. The minimum atomic E-state index is -0.248. The van der Waals surface area contributed by atoms with Crippen molar-refractivity contribution >= 4 is 23.0 Å². The Bertz CT molecular complexity index is 1020. The van der Waals surface area contributed by atoms with Crippen LogP contribution in [0.3, 0.4) is 0 Å². The molecule has 1 aromatic heterocycles. The standard InChI is InChI=1S/C22H21N3O3/c1-14(2)17-5-3-4-6-18(17)25-22(26)19-11-16(9-10-23-19)24-15-7-8-20-21(12-15)28-13-27-20/h3-12,14H,13H2,1-2H3,(H,23,24)(H,25,26). The van der Waals surface area contributed by atoms with Crippen LogP contribution in [0.15, 0.2) is 60.8 Å². The number of amides is 1. The molecule has 1 amide bonds. The summed E-state index contributed by atoms with van der Waals surface area (Å²) in [7, 11) is 0. The number of hydrogen-bond acceptors (Lipinski definition) is 5. The van der Waals surface area contributed by atoms with Crippen LogP contribution in [0.1, 0.15) is 35.8 Å². The molecule has 0 saturated heterocycles. The van der Waals surface area contributed by atoms with E-state index >= 15 is 0 Å². The largest absolute Gasteiger partial charge is 0.454 e. The van der Waals surface area contributed by atoms with Crippen LogP contribution in [0.4, 0.5) is 17.1 Å². The zero-order valence-electron chi connectivity index (χ0n) is 15.7. The van der Waals surface area contributed by atoms with Crippen molar-refractivity contribution < 1.29 is 14.3 Å². The highest BCUT2D eigenvalue weighted by Gasteiger charge is 2.15. The summed E-state index contributed by atoms with van der Waals surface area (Å²) in [4.78, 5) is 16.9. The first-order valence-electron chi connectivity index (χ1n) is 9.13. The minimum Gasteiger partial charge on any atom is -0.454 e. The molecule has 0 atom stereocenters. The van der Waals surface area contributed by atoms with Gasteiger partial charge in [0.1, 0.15) is 5.69 Å². The zero-order valence-corrected chi connectivity index (χ0v) is 15.7. The van der Waals surface area contributed by atoms with E-state index in [1.807, 2.05) is 48.5 Å². The molecule has 2 heterocycles. The minimum absolute atomic E-state index is 0.232. The molecular weight excluding hydrogens is 354 g/mol. The molecule has 142 valence electrons. The number of hydrogen-bond donors (Lipinski definition) is 2. The van der Waals surface area contributed by atoms with Crippen LogP contribution in [-0.4, -0.2) is 17.7 Å². The summed E-state index contributed by atoms with van der Waals surface area (Å²) < 4.78 is 10.7. The average molecular weight is 375 g/mol. The van der Waals surface area contributed by atoms with Crippen molar-refractivity contribution in [2.24, 2.45) is 0 Å². The van der Waals surface area contributed by atoms with Gasteiger partial charge in [0.15, 0.2) is 11.5 Å². The highest BCUT2D eigenvalue weighted by Crippen LogP contribution is 2.35. The molecule has 6 nitrogen and oxygen atoms in total. The van der Waals surface area contributed by atoms with Gasteiger partial charge in [-0.05, 0) is 41.8 Å². The van der Waals surface area contributed by atoms with Crippen molar-refractivity contribution in [3.05, 3.63) is 72.1 Å². The van der Waals surface area contributed by atoms with Gasteiger partial charge >= 0.3 is 0 Å². The zero-order chi connectivity index (χ0) is 19.5. The number of aromatic nitrogens is 1. The van der Waals surface area contributed by atoms with Crippen molar-refractivity contribution in [2.45, 2.75) is 19.8 Å². The van der Waals surface area contributed by atoms with Gasteiger partial charge in [0.2, 0.25) is 6.79 Å². The number of rotatable bonds is 5. The number of nitrogens with zero attached hydrogens (tertiary/aromatic N) is 1. The summed E-state index contributed by atoms with van der Waals surface area (Å²) in [6.07, 6.45) is 1.61. The second-order valence-electron chi connectivity index (χ2n) is 6.82. The van der Waals surface area contributed by atoms with Crippen molar-refractivity contribution in [1.82, 2.24) is 4.98 Å². The third kappa shape index (κ3) is 3.76. The third-order valence-corrected chi connectivity index (χ3v) is 4.48. The highest BCUT2D eigenvalue weighted by atomic mass is 16.7. The predicted octanol–water partition coefficient (Wildman–Crippen LogP) is 4.93. The molecule has 1 aliphatic heterocycles. The SMILES string of the molecule is CC(C)c1ccccc1NC(=O)c1cc(Nc2ccc3c(c2)OCO3)ccn1. The second-order valence-corrected chi connectivity index (χ2v) is 6.82. The van der Waals surface area contributed by atoms with Gasteiger partial charge in [0, 0.05) is 29.3 Å². The van der Waals surface area contributed by atoms with Crippen LogP contribution in [0.25, 0.3) is 0 Å². The number of para-hydroxylation sites is 1. The molecule has 0 radical (unpaired) electrons. The summed E-state index contributed by atoms with van der Waals surface area (Å²) in [6, 6.07) is 16.9. The van der Waals surface area contributed by atoms with Crippen molar-refractivity contribution in [1.29, 1.82) is 0 Å². The highest BCUT2D eigenvalue weighted by molar-refractivity contribution is 6.03. The van der Waals surface area contributed by atoms with Crippen LogP contribution in [0, 0.1) is 0 Å². The number of fused-ring (bicyclic) bond motifs is 1. The number of pyridine rings is 1. The van der Waals surface area contributed by atoms with E-state index in [9.17, 15) is 4.79 Å². The van der Waals surface area contributed by atoms with Crippen molar-refractivity contribution in [2.75, 3.05) is 17.4 Å². The smallest absolute Gasteiger partial charge is 0.274 e. The summed E-state index contributed by atoms with van der Waals surface area (Å²) in [5.74, 6) is 1.48. The monoisotopic (exact) mass is 375 g/mol. The first-order valence-corrected chi connectivity index (χ1v) is 9.13. The van der Waals surface area contributed by atoms with E-state index in [1.54, 1.807) is 12.3 Å². The lowest BCUT2D eigenvalue weighted by Gasteiger charge is -2.14. The molecule has 1 aliphatic rings. The second kappa shape index (κ2) is 7.60. The molecule has 28 heavy (non-hydrogen) atoms. The molecule has 0 aliphatic carbocycles. The van der Waals surface area contributed by atoms with Gasteiger partial charge in [0.05, 0.1) is 0 Å². The lowest BCUT2D eigenvalue weighted by atomic mass is 10.0. The number of carbonyl (C=O) groups excluding carboxylic acids is 1. The fourth-order valence-electron chi connectivity index (χ4n) is 3.07. The Kier molecular flexibility index (Phi) is 4.85. The van der Waals surface area contributed by atoms with Gasteiger partial charge in [-0.1, -0.05) is 32.0 Å². The molecule has 3 aromatic rings. The molecule has 0 spiro atoms. The molecular formula is C22H21N3O3. The first-order chi connectivity index (χ1) is 13.6. The quantitative estimate of drug-likeness (QED) is 0.661. The fraction of sp³-hybridized carbons (Fsp3) is 0.182. The molecule has 4 rings (SSSR count). The van der Waals surface area contributed by atoms with E-state index in [0.29, 0.717) is 17.4 Å². The van der Waals surface area contributed by atoms with Crippen LogP contribution >= 0.6 is 0 Å². The van der Waals surface area contributed by atoms with Gasteiger partial charge in [-0.2, -0.15) is 0 Å². The van der Waals surface area contributed by atoms with E-state index in [0.717, 1.165) is 28.4 Å². The van der Waals surface area contributed by atoms with Gasteiger partial charge in [-0.15, -0.1) is 0 Å². The average Bonchev–Trinajstić information content (AvgIpc) is 3.16. The van der Waals surface area contributed by atoms with E-state index < -0.39 is 0 Å². The molecule has 2 N–H and O–H groups in total. The maximum atomic E-state index is 12.7. The number of anilines is 3. The van der Waals surface area contributed by atoms with E-state index in [4.69, 9.17) is 9.47 Å². The Hall–Kier alpha value is -3.54. The molecule has 2 aromatic carbocycles. The number of benzene rings is 2. The fourth-order valence-corrected chi connectivity index (χ4v) is 3.07. The van der Waals surface area contributed by atoms with Crippen molar-refractivity contribution in [3.63, 3.8) is 0 Å². The summed E-state index contributed by atoms with van der Waals surface area (Å²) in [6.45, 7) is 4.43. The lowest BCUT2D eigenvalue weighted by Crippen LogP contribution is -2.15. The summed E-state index contributed by atoms with van der Waals surface area (Å²) >= 11 is 0. The molecule has 0 bridgehead atoms. The van der Waals surface area contributed by atoms with Crippen molar-refractivity contribution in [3.8, 4) is 11.5 Å². The Morgan fingerprint density at radius 1 is 1.00 bits per heavy atom.